The Labute approximate surface area is 76.5 Å². The van der Waals surface area contributed by atoms with Gasteiger partial charge in [-0.25, -0.2) is 0 Å². The molecule has 0 radical (unpaired) electrons. The van der Waals surface area contributed by atoms with Crippen molar-refractivity contribution in [3.63, 3.8) is 0 Å². The van der Waals surface area contributed by atoms with Crippen molar-refractivity contribution in [1.29, 1.82) is 0 Å². The zero-order valence-corrected chi connectivity index (χ0v) is 9.02. The van der Waals surface area contributed by atoms with Gasteiger partial charge in [-0.1, -0.05) is 27.7 Å². The van der Waals surface area contributed by atoms with E-state index in [4.69, 9.17) is 0 Å². The van der Waals surface area contributed by atoms with E-state index in [1.54, 1.807) is 11.3 Å². The van der Waals surface area contributed by atoms with Crippen molar-refractivity contribution in [3.05, 3.63) is 11.3 Å². The molecular weight excluding hydrogens is 146 g/mol. The molecule has 0 aromatic carbocycles. The van der Waals surface area contributed by atoms with E-state index in [9.17, 15) is 0 Å². The highest BCUT2D eigenvalue weighted by Crippen LogP contribution is 2.31. The van der Waals surface area contributed by atoms with Crippen molar-refractivity contribution < 1.29 is 0 Å². The van der Waals surface area contributed by atoms with E-state index in [1.807, 2.05) is 0 Å². The molecule has 0 aliphatic carbocycles. The Kier molecular flexibility index (Phi) is 2.81. The van der Waals surface area contributed by atoms with Crippen molar-refractivity contribution >= 4 is 0 Å². The van der Waals surface area contributed by atoms with Gasteiger partial charge >= 0.3 is 0 Å². The third kappa shape index (κ3) is 1.65. The molecule has 0 fully saturated rings. The van der Waals surface area contributed by atoms with Gasteiger partial charge in [0, 0.05) is 19.3 Å². The Bertz CT molecular complexity index is 189. The van der Waals surface area contributed by atoms with Crippen LogP contribution in [0.4, 0.5) is 0 Å². The van der Waals surface area contributed by atoms with Crippen LogP contribution in [-0.2, 0) is 0 Å². The summed E-state index contributed by atoms with van der Waals surface area (Å²) >= 11 is 0. The third-order valence-corrected chi connectivity index (χ3v) is 2.70. The summed E-state index contributed by atoms with van der Waals surface area (Å²) in [4.78, 5) is 2.42. The summed E-state index contributed by atoms with van der Waals surface area (Å²) < 4.78 is 0. The van der Waals surface area contributed by atoms with Crippen molar-refractivity contribution in [2.45, 2.75) is 34.1 Å². The first-order valence-electron chi connectivity index (χ1n) is 4.98. The van der Waals surface area contributed by atoms with Gasteiger partial charge in [0.25, 0.3) is 0 Å². The van der Waals surface area contributed by atoms with Crippen molar-refractivity contribution in [1.82, 2.24) is 4.90 Å². The molecule has 1 heterocycles. The minimum absolute atomic E-state index is 0.690. The maximum absolute atomic E-state index is 2.42. The number of hydrogen-bond acceptors (Lipinski definition) is 1. The summed E-state index contributed by atoms with van der Waals surface area (Å²) in [5.74, 6) is 1.42. The second-order valence-corrected chi connectivity index (χ2v) is 4.39. The van der Waals surface area contributed by atoms with E-state index < -0.39 is 0 Å². The summed E-state index contributed by atoms with van der Waals surface area (Å²) in [7, 11) is 2.21. The van der Waals surface area contributed by atoms with Gasteiger partial charge in [-0.2, -0.15) is 0 Å². The Morgan fingerprint density at radius 2 is 1.67 bits per heavy atom. The van der Waals surface area contributed by atoms with Gasteiger partial charge < -0.3 is 4.90 Å². The second-order valence-electron chi connectivity index (χ2n) is 4.39. The molecule has 0 unspecified atom stereocenters. The molecule has 1 aliphatic rings. The van der Waals surface area contributed by atoms with E-state index in [2.05, 4.69) is 39.6 Å². The van der Waals surface area contributed by atoms with Gasteiger partial charge in [0.15, 0.2) is 0 Å². The monoisotopic (exact) mass is 167 g/mol. The average Bonchev–Trinajstić information content (AvgIpc) is 2.30. The molecule has 0 amide bonds. The van der Waals surface area contributed by atoms with Crippen LogP contribution in [0.3, 0.4) is 0 Å². The molecule has 70 valence electrons. The minimum atomic E-state index is 0.690. The fourth-order valence-corrected chi connectivity index (χ4v) is 2.18. The van der Waals surface area contributed by atoms with E-state index in [1.165, 1.54) is 13.0 Å². The van der Waals surface area contributed by atoms with E-state index in [0.29, 0.717) is 5.92 Å². The summed E-state index contributed by atoms with van der Waals surface area (Å²) in [6, 6.07) is 0. The molecule has 1 heteroatoms. The first kappa shape index (κ1) is 9.63. The molecule has 0 aromatic heterocycles. The molecule has 0 N–H and O–H groups in total. The lowest BCUT2D eigenvalue weighted by atomic mass is 9.96. The lowest BCUT2D eigenvalue weighted by molar-refractivity contribution is 0.411. The van der Waals surface area contributed by atoms with Crippen LogP contribution in [0.15, 0.2) is 11.3 Å². The predicted molar refractivity (Wildman–Crippen MR) is 53.9 cm³/mol. The highest BCUT2D eigenvalue weighted by molar-refractivity contribution is 5.21. The van der Waals surface area contributed by atoms with Crippen molar-refractivity contribution in [3.8, 4) is 0 Å². The first-order valence-corrected chi connectivity index (χ1v) is 4.98. The fraction of sp³-hybridized carbons (Fsp3) is 0.818. The molecule has 0 aromatic rings. The molecule has 0 saturated heterocycles. The Hall–Kier alpha value is -0.460. The van der Waals surface area contributed by atoms with Crippen LogP contribution < -0.4 is 0 Å². The largest absolute Gasteiger partial charge is 0.377 e. The number of allylic oxidation sites excluding steroid dienone is 1. The molecule has 1 aliphatic heterocycles. The summed E-state index contributed by atoms with van der Waals surface area (Å²) in [6.45, 7) is 10.4. The van der Waals surface area contributed by atoms with Crippen LogP contribution in [0.1, 0.15) is 34.1 Å². The van der Waals surface area contributed by atoms with E-state index >= 15 is 0 Å². The lowest BCUT2D eigenvalue weighted by Crippen LogP contribution is -2.17. The molecule has 0 saturated carbocycles. The predicted octanol–water partition coefficient (Wildman–Crippen LogP) is 2.89. The normalized spacial score (nSPS) is 18.8. The van der Waals surface area contributed by atoms with Crippen LogP contribution in [0.5, 0.6) is 0 Å². The van der Waals surface area contributed by atoms with Gasteiger partial charge in [-0.05, 0) is 23.8 Å². The van der Waals surface area contributed by atoms with Crippen LogP contribution in [0.2, 0.25) is 0 Å². The van der Waals surface area contributed by atoms with Crippen molar-refractivity contribution in [2.24, 2.45) is 11.8 Å². The Morgan fingerprint density at radius 1 is 1.08 bits per heavy atom. The van der Waals surface area contributed by atoms with Gasteiger partial charge in [0.1, 0.15) is 0 Å². The highest BCUT2D eigenvalue weighted by Gasteiger charge is 2.22. The van der Waals surface area contributed by atoms with Gasteiger partial charge in [0.05, 0.1) is 0 Å². The summed E-state index contributed by atoms with van der Waals surface area (Å²) in [5.41, 5.74) is 3.26. The van der Waals surface area contributed by atoms with Crippen LogP contribution in [-0.4, -0.2) is 18.5 Å². The summed E-state index contributed by atoms with van der Waals surface area (Å²) in [5, 5.41) is 0. The maximum atomic E-state index is 2.42. The molecule has 0 atom stereocenters. The summed E-state index contributed by atoms with van der Waals surface area (Å²) in [6.07, 6.45) is 1.28. The van der Waals surface area contributed by atoms with Gasteiger partial charge in [-0.3, -0.25) is 0 Å². The maximum Gasteiger partial charge on any atom is 0.0209 e. The average molecular weight is 167 g/mol. The quantitative estimate of drug-likeness (QED) is 0.611. The van der Waals surface area contributed by atoms with E-state index in [-0.39, 0.29) is 0 Å². The number of hydrogen-bond donors (Lipinski definition) is 0. The van der Waals surface area contributed by atoms with Crippen LogP contribution in [0, 0.1) is 11.8 Å². The molecular formula is C11H21N. The van der Waals surface area contributed by atoms with Crippen LogP contribution >= 0.6 is 0 Å². The minimum Gasteiger partial charge on any atom is -0.377 e. The first-order chi connectivity index (χ1) is 5.54. The lowest BCUT2D eigenvalue weighted by Gasteiger charge is -2.21. The van der Waals surface area contributed by atoms with Crippen LogP contribution in [0.25, 0.3) is 0 Å². The molecule has 1 nitrogen and oxygen atoms in total. The van der Waals surface area contributed by atoms with Gasteiger partial charge in [0.2, 0.25) is 0 Å². The Morgan fingerprint density at radius 3 is 2.00 bits per heavy atom. The smallest absolute Gasteiger partial charge is 0.0209 e. The topological polar surface area (TPSA) is 3.24 Å². The van der Waals surface area contributed by atoms with Crippen molar-refractivity contribution in [2.75, 3.05) is 13.6 Å². The zero-order chi connectivity index (χ0) is 9.30. The van der Waals surface area contributed by atoms with E-state index in [0.717, 1.165) is 5.92 Å². The highest BCUT2D eigenvalue weighted by atomic mass is 15.1. The zero-order valence-electron chi connectivity index (χ0n) is 9.02. The third-order valence-electron chi connectivity index (χ3n) is 2.70. The standard InChI is InChI=1S/C11H21N/c1-8(2)10-6-7-12(5)11(10)9(3)4/h8-9H,6-7H2,1-5H3. The molecule has 0 spiro atoms. The van der Waals surface area contributed by atoms with Gasteiger partial charge in [-0.15, -0.1) is 0 Å². The number of rotatable bonds is 2. The fourth-order valence-electron chi connectivity index (χ4n) is 2.18. The SMILES string of the molecule is CC(C)C1=C(C(C)C)N(C)CC1. The molecule has 12 heavy (non-hydrogen) atoms. The number of nitrogens with zero attached hydrogens (tertiary/aromatic N) is 1. The molecule has 0 bridgehead atoms. The second kappa shape index (κ2) is 3.51. The molecule has 1 rings (SSSR count). The Balaban J connectivity index is 2.90.